The summed E-state index contributed by atoms with van der Waals surface area (Å²) in [5.74, 6) is -1.35. The number of aliphatic imine (C=N–C) groups is 1. The van der Waals surface area contributed by atoms with Gasteiger partial charge in [-0.15, -0.1) is 0 Å². The van der Waals surface area contributed by atoms with Crippen LogP contribution in [0.4, 0.5) is 0 Å². The van der Waals surface area contributed by atoms with Gasteiger partial charge in [-0.1, -0.05) is 54.2 Å². The fraction of sp³-hybridized carbons (Fsp3) is 0.261. The van der Waals surface area contributed by atoms with Crippen LogP contribution in [0.3, 0.4) is 0 Å². The van der Waals surface area contributed by atoms with E-state index in [0.717, 1.165) is 22.6 Å². The molecular weight excluding hydrogens is 444 g/mol. The smallest absolute Gasteiger partial charge is 0.322 e. The third-order valence-corrected chi connectivity index (χ3v) is 6.39. The van der Waals surface area contributed by atoms with Crippen molar-refractivity contribution in [2.45, 2.75) is 24.1 Å². The van der Waals surface area contributed by atoms with Gasteiger partial charge in [-0.05, 0) is 23.3 Å². The van der Waals surface area contributed by atoms with E-state index in [1.54, 1.807) is 12.1 Å². The van der Waals surface area contributed by atoms with Gasteiger partial charge in [0.2, 0.25) is 5.91 Å². The van der Waals surface area contributed by atoms with E-state index in [4.69, 9.17) is 14.9 Å². The number of carboxylic acid groups (broad SMARTS) is 1. The molecule has 33 heavy (non-hydrogen) atoms. The average molecular weight is 467 g/mol. The Labute approximate surface area is 194 Å². The molecule has 2 aromatic rings. The zero-order valence-corrected chi connectivity index (χ0v) is 18.6. The summed E-state index contributed by atoms with van der Waals surface area (Å²) in [4.78, 5) is 39.3. The highest BCUT2D eigenvalue weighted by Crippen LogP contribution is 2.38. The minimum atomic E-state index is -1.15. The maximum atomic E-state index is 12.5. The Bertz CT molecular complexity index is 1120. The van der Waals surface area contributed by atoms with Gasteiger partial charge in [0, 0.05) is 12.8 Å². The van der Waals surface area contributed by atoms with E-state index in [1.807, 2.05) is 54.6 Å². The SMILES string of the molecule is COc1ccc([C@H]2CC(c3ccccc3)=NN2C2=NC(=O)[C@H](CC(=O)NCC(=O)O)S2)cc1. The third-order valence-electron chi connectivity index (χ3n) is 5.25. The number of nitrogens with one attached hydrogen (secondary N) is 1. The second kappa shape index (κ2) is 9.86. The van der Waals surface area contributed by atoms with E-state index in [2.05, 4.69) is 10.3 Å². The Kier molecular flexibility index (Phi) is 6.74. The van der Waals surface area contributed by atoms with Crippen molar-refractivity contribution in [2.75, 3.05) is 13.7 Å². The molecule has 0 unspecified atom stereocenters. The zero-order chi connectivity index (χ0) is 23.4. The summed E-state index contributed by atoms with van der Waals surface area (Å²) in [5, 5.41) is 17.2. The summed E-state index contributed by atoms with van der Waals surface area (Å²) >= 11 is 1.17. The van der Waals surface area contributed by atoms with Crippen LogP contribution in [0.25, 0.3) is 0 Å². The number of nitrogens with zero attached hydrogens (tertiary/aromatic N) is 3. The number of aliphatic carboxylic acids is 1. The lowest BCUT2D eigenvalue weighted by molar-refractivity contribution is -0.137. The molecule has 2 N–H and O–H groups in total. The molecule has 2 aliphatic rings. The summed E-state index contributed by atoms with van der Waals surface area (Å²) in [6.45, 7) is -0.492. The lowest BCUT2D eigenvalue weighted by Crippen LogP contribution is -2.32. The number of thioether (sulfide) groups is 1. The van der Waals surface area contributed by atoms with Gasteiger partial charge in [-0.2, -0.15) is 10.1 Å². The van der Waals surface area contributed by atoms with Gasteiger partial charge >= 0.3 is 5.97 Å². The standard InChI is InChI=1S/C23H22N4O5S/c1-32-16-9-7-15(8-10-16)18-11-17(14-5-3-2-4-6-14)26-27(18)23-25-22(31)19(33-23)12-20(28)24-13-21(29)30/h2-10,18-19H,11-13H2,1H3,(H,24,28)(H,29,30)/t18-,19+/m1/s1. The first-order valence-corrected chi connectivity index (χ1v) is 11.2. The van der Waals surface area contributed by atoms with Gasteiger partial charge in [0.1, 0.15) is 17.5 Å². The first-order chi connectivity index (χ1) is 15.9. The molecule has 0 spiro atoms. The maximum Gasteiger partial charge on any atom is 0.322 e. The molecule has 4 rings (SSSR count). The molecular formula is C23H22N4O5S. The molecule has 2 heterocycles. The van der Waals surface area contributed by atoms with Gasteiger partial charge in [-0.3, -0.25) is 14.4 Å². The van der Waals surface area contributed by atoms with Crippen LogP contribution < -0.4 is 10.1 Å². The molecule has 2 aliphatic heterocycles. The molecule has 2 amide bonds. The summed E-state index contributed by atoms with van der Waals surface area (Å²) in [5.41, 5.74) is 2.84. The number of carbonyl (C=O) groups is 3. The number of amidine groups is 1. The topological polar surface area (TPSA) is 121 Å². The van der Waals surface area contributed by atoms with Crippen LogP contribution >= 0.6 is 11.8 Å². The largest absolute Gasteiger partial charge is 0.497 e. The minimum Gasteiger partial charge on any atom is -0.497 e. The fourth-order valence-corrected chi connectivity index (χ4v) is 4.66. The highest BCUT2D eigenvalue weighted by Gasteiger charge is 2.39. The number of hydrazone groups is 1. The molecule has 0 fully saturated rings. The maximum absolute atomic E-state index is 12.5. The van der Waals surface area contributed by atoms with Crippen LogP contribution in [-0.2, 0) is 14.4 Å². The molecule has 0 aliphatic carbocycles. The van der Waals surface area contributed by atoms with Gasteiger partial charge in [-0.25, -0.2) is 5.01 Å². The number of carboxylic acids is 1. The van der Waals surface area contributed by atoms with E-state index < -0.39 is 29.6 Å². The highest BCUT2D eigenvalue weighted by molar-refractivity contribution is 8.15. The van der Waals surface area contributed by atoms with Crippen LogP contribution in [0.15, 0.2) is 64.7 Å². The lowest BCUT2D eigenvalue weighted by Gasteiger charge is -2.23. The number of rotatable bonds is 7. The van der Waals surface area contributed by atoms with E-state index in [1.165, 1.54) is 11.8 Å². The zero-order valence-electron chi connectivity index (χ0n) is 17.8. The number of benzene rings is 2. The first kappa shape index (κ1) is 22.5. The van der Waals surface area contributed by atoms with Crippen molar-refractivity contribution in [3.8, 4) is 5.75 Å². The number of hydrogen-bond donors (Lipinski definition) is 2. The predicted molar refractivity (Wildman–Crippen MR) is 124 cm³/mol. The second-order valence-corrected chi connectivity index (χ2v) is 8.63. The Morgan fingerprint density at radius 1 is 1.18 bits per heavy atom. The summed E-state index contributed by atoms with van der Waals surface area (Å²) in [7, 11) is 1.61. The summed E-state index contributed by atoms with van der Waals surface area (Å²) in [6.07, 6.45) is 0.466. The summed E-state index contributed by atoms with van der Waals surface area (Å²) < 4.78 is 5.26. The van der Waals surface area contributed by atoms with Crippen LogP contribution in [-0.4, -0.2) is 57.7 Å². The normalized spacial score (nSPS) is 19.8. The van der Waals surface area contributed by atoms with Crippen molar-refractivity contribution in [3.63, 3.8) is 0 Å². The number of carbonyl (C=O) groups excluding carboxylic acids is 2. The molecule has 10 heteroatoms. The Morgan fingerprint density at radius 2 is 1.91 bits per heavy atom. The van der Waals surface area contributed by atoms with Crippen molar-refractivity contribution in [1.29, 1.82) is 0 Å². The second-order valence-electron chi connectivity index (χ2n) is 7.46. The number of ether oxygens (including phenoxy) is 1. The number of hydrogen-bond acceptors (Lipinski definition) is 7. The van der Waals surface area contributed by atoms with Gasteiger partial charge < -0.3 is 15.2 Å². The predicted octanol–water partition coefficient (Wildman–Crippen LogP) is 2.44. The van der Waals surface area contributed by atoms with Crippen molar-refractivity contribution in [1.82, 2.24) is 10.3 Å². The van der Waals surface area contributed by atoms with Gasteiger partial charge in [0.05, 0.1) is 18.9 Å². The Hall–Kier alpha value is -3.66. The van der Waals surface area contributed by atoms with Crippen molar-refractivity contribution >= 4 is 40.4 Å². The molecule has 2 aromatic carbocycles. The van der Waals surface area contributed by atoms with E-state index in [0.29, 0.717) is 11.6 Å². The van der Waals surface area contributed by atoms with Crippen LogP contribution in [0, 0.1) is 0 Å². The molecule has 2 atom stereocenters. The van der Waals surface area contributed by atoms with Crippen molar-refractivity contribution in [3.05, 3.63) is 65.7 Å². The summed E-state index contributed by atoms with van der Waals surface area (Å²) in [6, 6.07) is 17.3. The molecule has 170 valence electrons. The molecule has 0 saturated heterocycles. The van der Waals surface area contributed by atoms with Gasteiger partial charge in [0.25, 0.3) is 5.91 Å². The van der Waals surface area contributed by atoms with Crippen molar-refractivity contribution in [2.24, 2.45) is 10.1 Å². The van der Waals surface area contributed by atoms with Crippen LogP contribution in [0.1, 0.15) is 30.0 Å². The fourth-order valence-electron chi connectivity index (χ4n) is 3.60. The lowest BCUT2D eigenvalue weighted by atomic mass is 9.98. The van der Waals surface area contributed by atoms with E-state index in [-0.39, 0.29) is 12.5 Å². The Morgan fingerprint density at radius 3 is 2.58 bits per heavy atom. The average Bonchev–Trinajstić information content (AvgIpc) is 3.42. The van der Waals surface area contributed by atoms with Crippen molar-refractivity contribution < 1.29 is 24.2 Å². The first-order valence-electron chi connectivity index (χ1n) is 10.3. The Balaban J connectivity index is 1.56. The molecule has 9 nitrogen and oxygen atoms in total. The quantitative estimate of drug-likeness (QED) is 0.643. The molecule has 0 aromatic heterocycles. The van der Waals surface area contributed by atoms with Crippen LogP contribution in [0.5, 0.6) is 5.75 Å². The number of methoxy groups -OCH3 is 1. The molecule has 0 saturated carbocycles. The molecule has 0 radical (unpaired) electrons. The third kappa shape index (κ3) is 5.23. The van der Waals surface area contributed by atoms with Gasteiger partial charge in [0.15, 0.2) is 5.17 Å². The monoisotopic (exact) mass is 466 g/mol. The number of amides is 2. The minimum absolute atomic E-state index is 0.153. The molecule has 0 bridgehead atoms. The van der Waals surface area contributed by atoms with E-state index in [9.17, 15) is 14.4 Å². The van der Waals surface area contributed by atoms with Crippen LogP contribution in [0.2, 0.25) is 0 Å². The highest BCUT2D eigenvalue weighted by atomic mass is 32.2. The van der Waals surface area contributed by atoms with E-state index >= 15 is 0 Å².